The number of nitrogens with one attached hydrogen (secondary N) is 1. The van der Waals surface area contributed by atoms with E-state index in [0.717, 1.165) is 22.6 Å². The molecule has 0 radical (unpaired) electrons. The molecule has 3 aromatic rings. The van der Waals surface area contributed by atoms with Gasteiger partial charge < -0.3 is 9.88 Å². The summed E-state index contributed by atoms with van der Waals surface area (Å²) in [5.74, 6) is -0.0786. The molecule has 0 aliphatic rings. The van der Waals surface area contributed by atoms with Crippen LogP contribution in [0.15, 0.2) is 42.5 Å². The molecule has 0 fully saturated rings. The summed E-state index contributed by atoms with van der Waals surface area (Å²) in [6, 6.07) is 14.3. The van der Waals surface area contributed by atoms with E-state index in [1.165, 1.54) is 10.4 Å². The minimum absolute atomic E-state index is 0.0185. The van der Waals surface area contributed by atoms with Crippen molar-refractivity contribution in [2.75, 3.05) is 6.54 Å². The van der Waals surface area contributed by atoms with Crippen LogP contribution in [0, 0.1) is 20.8 Å². The van der Waals surface area contributed by atoms with Gasteiger partial charge in [-0.25, -0.2) is 0 Å². The fourth-order valence-corrected chi connectivity index (χ4v) is 4.48. The van der Waals surface area contributed by atoms with Crippen LogP contribution in [0.2, 0.25) is 0 Å². The number of H-pyrrole nitrogens is 1. The lowest BCUT2D eigenvalue weighted by Gasteiger charge is -2.22. The maximum Gasteiger partial charge on any atom is 0.270 e. The number of benzene rings is 1. The third-order valence-electron chi connectivity index (χ3n) is 4.95. The van der Waals surface area contributed by atoms with Gasteiger partial charge in [-0.3, -0.25) is 9.59 Å². The molecule has 0 unspecified atom stereocenters. The molecule has 1 N–H and O–H groups in total. The zero-order valence-corrected chi connectivity index (χ0v) is 17.7. The summed E-state index contributed by atoms with van der Waals surface area (Å²) in [5, 5.41) is 0. The SMILES string of the molecule is CC(=O)c1c(C)[nH]c(C(=O)N(CCc2ccccc2)Cc2ccc(C)s2)c1C. The van der Waals surface area contributed by atoms with Crippen molar-refractivity contribution in [1.29, 1.82) is 0 Å². The van der Waals surface area contributed by atoms with Crippen LogP contribution in [0.4, 0.5) is 0 Å². The highest BCUT2D eigenvalue weighted by molar-refractivity contribution is 7.11. The molecular formula is C23H26N2O2S. The van der Waals surface area contributed by atoms with E-state index in [0.29, 0.717) is 24.3 Å². The summed E-state index contributed by atoms with van der Waals surface area (Å²) in [4.78, 5) is 32.8. The number of carbonyl (C=O) groups excluding carboxylic acids is 2. The molecule has 146 valence electrons. The number of hydrogen-bond acceptors (Lipinski definition) is 3. The highest BCUT2D eigenvalue weighted by Crippen LogP contribution is 2.23. The number of amides is 1. The molecule has 0 saturated carbocycles. The van der Waals surface area contributed by atoms with Gasteiger partial charge in [0.2, 0.25) is 0 Å². The van der Waals surface area contributed by atoms with E-state index in [-0.39, 0.29) is 11.7 Å². The monoisotopic (exact) mass is 394 g/mol. The van der Waals surface area contributed by atoms with Crippen molar-refractivity contribution in [3.05, 3.63) is 80.3 Å². The fourth-order valence-electron chi connectivity index (χ4n) is 3.57. The van der Waals surface area contributed by atoms with Gasteiger partial charge in [0, 0.05) is 27.6 Å². The zero-order valence-electron chi connectivity index (χ0n) is 16.8. The maximum absolute atomic E-state index is 13.4. The quantitative estimate of drug-likeness (QED) is 0.568. The summed E-state index contributed by atoms with van der Waals surface area (Å²) in [5.41, 5.74) is 3.83. The number of aromatic nitrogens is 1. The maximum atomic E-state index is 13.4. The van der Waals surface area contributed by atoms with Crippen LogP contribution in [-0.4, -0.2) is 28.1 Å². The van der Waals surface area contributed by atoms with Crippen LogP contribution >= 0.6 is 11.3 Å². The predicted octanol–water partition coefficient (Wildman–Crippen LogP) is 5.09. The molecular weight excluding hydrogens is 368 g/mol. The van der Waals surface area contributed by atoms with E-state index in [1.54, 1.807) is 18.3 Å². The number of nitrogens with zero attached hydrogens (tertiary/aromatic N) is 1. The molecule has 4 nitrogen and oxygen atoms in total. The average Bonchev–Trinajstić information content (AvgIpc) is 3.21. The first-order valence-corrected chi connectivity index (χ1v) is 10.3. The van der Waals surface area contributed by atoms with Gasteiger partial charge in [-0.05, 0) is 57.4 Å². The lowest BCUT2D eigenvalue weighted by atomic mass is 10.1. The summed E-state index contributed by atoms with van der Waals surface area (Å²) in [6.07, 6.45) is 0.787. The molecule has 3 rings (SSSR count). The predicted molar refractivity (Wildman–Crippen MR) is 114 cm³/mol. The molecule has 0 saturated heterocycles. The second-order valence-corrected chi connectivity index (χ2v) is 8.53. The van der Waals surface area contributed by atoms with Gasteiger partial charge in [-0.1, -0.05) is 30.3 Å². The number of rotatable bonds is 7. The molecule has 28 heavy (non-hydrogen) atoms. The molecule has 2 heterocycles. The second kappa shape index (κ2) is 8.57. The molecule has 0 spiro atoms. The average molecular weight is 395 g/mol. The first-order valence-electron chi connectivity index (χ1n) is 9.45. The summed E-state index contributed by atoms with van der Waals surface area (Å²) in [6.45, 7) is 8.49. The Hall–Kier alpha value is -2.66. The Morgan fingerprint density at radius 2 is 1.75 bits per heavy atom. The Morgan fingerprint density at radius 3 is 2.32 bits per heavy atom. The molecule has 2 aromatic heterocycles. The number of aryl methyl sites for hydroxylation is 2. The van der Waals surface area contributed by atoms with E-state index in [9.17, 15) is 9.59 Å². The number of carbonyl (C=O) groups is 2. The van der Waals surface area contributed by atoms with Gasteiger partial charge >= 0.3 is 0 Å². The lowest BCUT2D eigenvalue weighted by molar-refractivity contribution is 0.0740. The molecule has 0 aliphatic heterocycles. The van der Waals surface area contributed by atoms with Crippen molar-refractivity contribution in [3.8, 4) is 0 Å². The van der Waals surface area contributed by atoms with Gasteiger partial charge in [0.1, 0.15) is 5.69 Å². The number of thiophene rings is 1. The molecule has 0 atom stereocenters. The van der Waals surface area contributed by atoms with Gasteiger partial charge in [-0.15, -0.1) is 11.3 Å². The van der Waals surface area contributed by atoms with Crippen molar-refractivity contribution in [2.45, 2.75) is 40.7 Å². The van der Waals surface area contributed by atoms with Gasteiger partial charge in [-0.2, -0.15) is 0 Å². The molecule has 0 bridgehead atoms. The number of aromatic amines is 1. The Bertz CT molecular complexity index is 985. The summed E-state index contributed by atoms with van der Waals surface area (Å²) >= 11 is 1.71. The van der Waals surface area contributed by atoms with Gasteiger partial charge in [0.15, 0.2) is 5.78 Å². The first kappa shape index (κ1) is 20.1. The third-order valence-corrected chi connectivity index (χ3v) is 5.93. The van der Waals surface area contributed by atoms with Crippen molar-refractivity contribution >= 4 is 23.0 Å². The van der Waals surface area contributed by atoms with Gasteiger partial charge in [0.25, 0.3) is 5.91 Å². The second-order valence-electron chi connectivity index (χ2n) is 7.16. The highest BCUT2D eigenvalue weighted by Gasteiger charge is 2.24. The van der Waals surface area contributed by atoms with Crippen molar-refractivity contribution in [1.82, 2.24) is 9.88 Å². The molecule has 5 heteroatoms. The number of ketones is 1. The van der Waals surface area contributed by atoms with Crippen LogP contribution in [0.1, 0.15) is 54.3 Å². The standard InChI is InChI=1S/C23H26N2O2S/c1-15-10-11-20(28-15)14-25(13-12-19-8-6-5-7-9-19)23(27)22-16(2)21(18(4)26)17(3)24-22/h5-11,24H,12-14H2,1-4H3. The first-order chi connectivity index (χ1) is 13.4. The van der Waals surface area contributed by atoms with Crippen LogP contribution in [0.25, 0.3) is 0 Å². The van der Waals surface area contributed by atoms with Crippen molar-refractivity contribution in [3.63, 3.8) is 0 Å². The zero-order chi connectivity index (χ0) is 20.3. The Balaban J connectivity index is 1.87. The van der Waals surface area contributed by atoms with E-state index < -0.39 is 0 Å². The number of Topliss-reactive ketones (excluding diaryl/α,β-unsaturated/α-hetero) is 1. The Morgan fingerprint density at radius 1 is 1.04 bits per heavy atom. The highest BCUT2D eigenvalue weighted by atomic mass is 32.1. The fraction of sp³-hybridized carbons (Fsp3) is 0.304. The normalized spacial score (nSPS) is 10.9. The minimum Gasteiger partial charge on any atom is -0.354 e. The largest absolute Gasteiger partial charge is 0.354 e. The van der Waals surface area contributed by atoms with Crippen molar-refractivity contribution < 1.29 is 9.59 Å². The van der Waals surface area contributed by atoms with E-state index in [4.69, 9.17) is 0 Å². The minimum atomic E-state index is -0.0601. The van der Waals surface area contributed by atoms with Crippen LogP contribution in [0.5, 0.6) is 0 Å². The Kier molecular flexibility index (Phi) is 6.15. The topological polar surface area (TPSA) is 53.2 Å². The van der Waals surface area contributed by atoms with E-state index in [1.807, 2.05) is 36.9 Å². The summed E-state index contributed by atoms with van der Waals surface area (Å²) < 4.78 is 0. The Labute approximate surface area is 170 Å². The number of hydrogen-bond donors (Lipinski definition) is 1. The smallest absolute Gasteiger partial charge is 0.270 e. The molecule has 1 aromatic carbocycles. The van der Waals surface area contributed by atoms with Crippen LogP contribution < -0.4 is 0 Å². The third kappa shape index (κ3) is 4.42. The van der Waals surface area contributed by atoms with Crippen LogP contribution in [-0.2, 0) is 13.0 Å². The van der Waals surface area contributed by atoms with Crippen molar-refractivity contribution in [2.24, 2.45) is 0 Å². The van der Waals surface area contributed by atoms with Gasteiger partial charge in [0.05, 0.1) is 6.54 Å². The van der Waals surface area contributed by atoms with E-state index >= 15 is 0 Å². The van der Waals surface area contributed by atoms with Crippen LogP contribution in [0.3, 0.4) is 0 Å². The molecule has 1 amide bonds. The van der Waals surface area contributed by atoms with E-state index in [2.05, 4.69) is 36.2 Å². The summed E-state index contributed by atoms with van der Waals surface area (Å²) in [7, 11) is 0. The molecule has 0 aliphatic carbocycles. The lowest BCUT2D eigenvalue weighted by Crippen LogP contribution is -2.33.